The van der Waals surface area contributed by atoms with E-state index in [9.17, 15) is 13.6 Å². The van der Waals surface area contributed by atoms with Gasteiger partial charge in [0.05, 0.1) is 7.11 Å². The second-order valence-corrected chi connectivity index (χ2v) is 5.24. The standard InChI is InChI=1S/C18H19F2NO4/c1-21(11-13-6-8-14(9-7-13)25-18(19)20)17(22)12-24-16-5-3-4-15(10-16)23-2/h3-10,18H,11-12H2,1-2H3. The molecule has 0 saturated carbocycles. The monoisotopic (exact) mass is 351 g/mol. The van der Waals surface area contributed by atoms with Crippen LogP contribution in [0.5, 0.6) is 17.2 Å². The van der Waals surface area contributed by atoms with Crippen LogP contribution < -0.4 is 14.2 Å². The lowest BCUT2D eigenvalue weighted by atomic mass is 10.2. The van der Waals surface area contributed by atoms with Crippen molar-refractivity contribution in [1.82, 2.24) is 4.90 Å². The van der Waals surface area contributed by atoms with Crippen LogP contribution in [-0.4, -0.2) is 38.2 Å². The van der Waals surface area contributed by atoms with E-state index in [0.717, 1.165) is 5.56 Å². The third-order valence-corrected chi connectivity index (χ3v) is 3.40. The maximum atomic E-state index is 12.1. The quantitative estimate of drug-likeness (QED) is 0.732. The molecule has 0 N–H and O–H groups in total. The molecular formula is C18H19F2NO4. The fraction of sp³-hybridized carbons (Fsp3) is 0.278. The van der Waals surface area contributed by atoms with Gasteiger partial charge in [0.15, 0.2) is 6.61 Å². The van der Waals surface area contributed by atoms with E-state index in [1.165, 1.54) is 17.0 Å². The zero-order chi connectivity index (χ0) is 18.2. The maximum Gasteiger partial charge on any atom is 0.387 e. The van der Waals surface area contributed by atoms with Crippen LogP contribution in [0.3, 0.4) is 0 Å². The predicted octanol–water partition coefficient (Wildman–Crippen LogP) is 3.33. The number of hydrogen-bond acceptors (Lipinski definition) is 4. The molecule has 0 aliphatic carbocycles. The van der Waals surface area contributed by atoms with Crippen LogP contribution in [0.1, 0.15) is 5.56 Å². The van der Waals surface area contributed by atoms with Crippen LogP contribution in [-0.2, 0) is 11.3 Å². The Labute approximate surface area is 144 Å². The largest absolute Gasteiger partial charge is 0.497 e. The van der Waals surface area contributed by atoms with Crippen molar-refractivity contribution in [1.29, 1.82) is 0 Å². The van der Waals surface area contributed by atoms with E-state index in [2.05, 4.69) is 4.74 Å². The Balaban J connectivity index is 1.85. The molecule has 0 aromatic heterocycles. The van der Waals surface area contributed by atoms with Crippen LogP contribution in [0.4, 0.5) is 8.78 Å². The Morgan fingerprint density at radius 3 is 2.40 bits per heavy atom. The summed E-state index contributed by atoms with van der Waals surface area (Å²) in [5.74, 6) is 1.05. The Morgan fingerprint density at radius 2 is 1.76 bits per heavy atom. The summed E-state index contributed by atoms with van der Waals surface area (Å²) in [5, 5.41) is 0. The molecule has 0 atom stereocenters. The molecule has 0 radical (unpaired) electrons. The Bertz CT molecular complexity index is 692. The van der Waals surface area contributed by atoms with Gasteiger partial charge in [-0.3, -0.25) is 4.79 Å². The van der Waals surface area contributed by atoms with Gasteiger partial charge in [0.1, 0.15) is 17.2 Å². The molecule has 0 unspecified atom stereocenters. The summed E-state index contributed by atoms with van der Waals surface area (Å²) < 4.78 is 39.1. The molecule has 0 aliphatic heterocycles. The molecule has 0 heterocycles. The minimum Gasteiger partial charge on any atom is -0.497 e. The van der Waals surface area contributed by atoms with Crippen molar-refractivity contribution in [2.75, 3.05) is 20.8 Å². The summed E-state index contributed by atoms with van der Waals surface area (Å²) in [6.45, 7) is -2.64. The molecule has 0 saturated heterocycles. The summed E-state index contributed by atoms with van der Waals surface area (Å²) >= 11 is 0. The summed E-state index contributed by atoms with van der Waals surface area (Å²) in [6.07, 6.45) is 0. The van der Waals surface area contributed by atoms with E-state index in [4.69, 9.17) is 9.47 Å². The zero-order valence-electron chi connectivity index (χ0n) is 13.9. The number of likely N-dealkylation sites (N-methyl/N-ethyl adjacent to an activating group) is 1. The fourth-order valence-electron chi connectivity index (χ4n) is 2.08. The first-order valence-corrected chi connectivity index (χ1v) is 7.52. The molecule has 5 nitrogen and oxygen atoms in total. The first-order valence-electron chi connectivity index (χ1n) is 7.52. The van der Waals surface area contributed by atoms with E-state index in [0.29, 0.717) is 18.0 Å². The number of benzene rings is 2. The van der Waals surface area contributed by atoms with Crippen LogP contribution >= 0.6 is 0 Å². The van der Waals surface area contributed by atoms with Crippen LogP contribution in [0.2, 0.25) is 0 Å². The lowest BCUT2D eigenvalue weighted by molar-refractivity contribution is -0.132. The van der Waals surface area contributed by atoms with Gasteiger partial charge in [0.25, 0.3) is 5.91 Å². The number of nitrogens with zero attached hydrogens (tertiary/aromatic N) is 1. The minimum atomic E-state index is -2.86. The average Bonchev–Trinajstić information content (AvgIpc) is 2.61. The molecule has 2 rings (SSSR count). The normalized spacial score (nSPS) is 10.4. The van der Waals surface area contributed by atoms with Crippen molar-refractivity contribution in [2.24, 2.45) is 0 Å². The molecule has 2 aromatic carbocycles. The van der Waals surface area contributed by atoms with E-state index in [1.54, 1.807) is 50.6 Å². The highest BCUT2D eigenvalue weighted by atomic mass is 19.3. The number of hydrogen-bond donors (Lipinski definition) is 0. The van der Waals surface area contributed by atoms with Crippen LogP contribution in [0.25, 0.3) is 0 Å². The summed E-state index contributed by atoms with van der Waals surface area (Å²) in [4.78, 5) is 13.6. The topological polar surface area (TPSA) is 48.0 Å². The second-order valence-electron chi connectivity index (χ2n) is 5.24. The number of halogens is 2. The fourth-order valence-corrected chi connectivity index (χ4v) is 2.08. The Kier molecular flexibility index (Phi) is 6.56. The highest BCUT2D eigenvalue weighted by Crippen LogP contribution is 2.19. The van der Waals surface area contributed by atoms with Crippen molar-refractivity contribution in [2.45, 2.75) is 13.2 Å². The number of rotatable bonds is 8. The summed E-state index contributed by atoms with van der Waals surface area (Å²) in [6, 6.07) is 13.1. The molecule has 0 bridgehead atoms. The van der Waals surface area contributed by atoms with Crippen LogP contribution in [0, 0.1) is 0 Å². The number of carbonyl (C=O) groups is 1. The van der Waals surface area contributed by atoms with Gasteiger partial charge in [-0.05, 0) is 29.8 Å². The van der Waals surface area contributed by atoms with Gasteiger partial charge in [-0.25, -0.2) is 0 Å². The van der Waals surface area contributed by atoms with Gasteiger partial charge in [-0.2, -0.15) is 8.78 Å². The maximum absolute atomic E-state index is 12.1. The second kappa shape index (κ2) is 8.86. The molecule has 25 heavy (non-hydrogen) atoms. The Morgan fingerprint density at radius 1 is 1.08 bits per heavy atom. The third kappa shape index (κ3) is 5.95. The number of methoxy groups -OCH3 is 1. The molecule has 2 aromatic rings. The zero-order valence-corrected chi connectivity index (χ0v) is 13.9. The van der Waals surface area contributed by atoms with Gasteiger partial charge in [-0.1, -0.05) is 18.2 Å². The van der Waals surface area contributed by atoms with Crippen LogP contribution in [0.15, 0.2) is 48.5 Å². The molecule has 1 amide bonds. The summed E-state index contributed by atoms with van der Waals surface area (Å²) in [7, 11) is 3.19. The number of carbonyl (C=O) groups excluding carboxylic acids is 1. The predicted molar refractivity (Wildman–Crippen MR) is 88.0 cm³/mol. The van der Waals surface area contributed by atoms with Gasteiger partial charge >= 0.3 is 6.61 Å². The number of ether oxygens (including phenoxy) is 3. The van der Waals surface area contributed by atoms with E-state index in [1.807, 2.05) is 0 Å². The van der Waals surface area contributed by atoms with Crippen molar-refractivity contribution in [3.63, 3.8) is 0 Å². The van der Waals surface area contributed by atoms with Gasteiger partial charge in [0.2, 0.25) is 0 Å². The van der Waals surface area contributed by atoms with E-state index < -0.39 is 6.61 Å². The third-order valence-electron chi connectivity index (χ3n) is 3.40. The lowest BCUT2D eigenvalue weighted by Gasteiger charge is -2.18. The van der Waals surface area contributed by atoms with E-state index >= 15 is 0 Å². The Hall–Kier alpha value is -2.83. The highest BCUT2D eigenvalue weighted by Gasteiger charge is 2.11. The molecular weight excluding hydrogens is 332 g/mol. The first kappa shape index (κ1) is 18.5. The SMILES string of the molecule is COc1cccc(OCC(=O)N(C)Cc2ccc(OC(F)F)cc2)c1. The number of amides is 1. The minimum absolute atomic E-state index is 0.0779. The molecule has 0 fully saturated rings. The van der Waals surface area contributed by atoms with Crippen molar-refractivity contribution >= 4 is 5.91 Å². The first-order chi connectivity index (χ1) is 12.0. The van der Waals surface area contributed by atoms with Gasteiger partial charge < -0.3 is 19.1 Å². The molecule has 7 heteroatoms. The average molecular weight is 351 g/mol. The van der Waals surface area contributed by atoms with E-state index in [-0.39, 0.29) is 18.3 Å². The smallest absolute Gasteiger partial charge is 0.387 e. The number of alkyl halides is 2. The van der Waals surface area contributed by atoms with Crippen molar-refractivity contribution < 1.29 is 27.8 Å². The molecule has 0 spiro atoms. The highest BCUT2D eigenvalue weighted by molar-refractivity contribution is 5.77. The summed E-state index contributed by atoms with van der Waals surface area (Å²) in [5.41, 5.74) is 0.791. The van der Waals surface area contributed by atoms with Gasteiger partial charge in [-0.15, -0.1) is 0 Å². The molecule has 134 valence electrons. The van der Waals surface area contributed by atoms with Gasteiger partial charge in [0, 0.05) is 19.7 Å². The van der Waals surface area contributed by atoms with Crippen molar-refractivity contribution in [3.05, 3.63) is 54.1 Å². The lowest BCUT2D eigenvalue weighted by Crippen LogP contribution is -2.30. The molecule has 0 aliphatic rings. The van der Waals surface area contributed by atoms with Crippen molar-refractivity contribution in [3.8, 4) is 17.2 Å².